The third kappa shape index (κ3) is 7.43. The van der Waals surface area contributed by atoms with Gasteiger partial charge in [-0.1, -0.05) is 19.9 Å². The Hall–Kier alpha value is -1.71. The summed E-state index contributed by atoms with van der Waals surface area (Å²) in [6.45, 7) is 6.52. The van der Waals surface area contributed by atoms with E-state index in [2.05, 4.69) is 15.6 Å². The molecule has 1 saturated heterocycles. The number of benzene rings is 1. The molecule has 1 aliphatic rings. The van der Waals surface area contributed by atoms with Crippen LogP contribution in [0.5, 0.6) is 11.5 Å². The van der Waals surface area contributed by atoms with Crippen LogP contribution in [-0.2, 0) is 4.79 Å². The number of ether oxygens (including phenoxy) is 2. The maximum Gasteiger partial charge on any atom is 0.225 e. The van der Waals surface area contributed by atoms with Gasteiger partial charge >= 0.3 is 0 Å². The van der Waals surface area contributed by atoms with Crippen molar-refractivity contribution in [3.63, 3.8) is 0 Å². The zero-order valence-electron chi connectivity index (χ0n) is 16.5. The third-order valence-electron chi connectivity index (χ3n) is 4.26. The molecule has 7 nitrogen and oxygen atoms in total. The van der Waals surface area contributed by atoms with Crippen molar-refractivity contribution in [3.05, 3.63) is 24.3 Å². The predicted octanol–water partition coefficient (Wildman–Crippen LogP) is 2.11. The number of nitrogens with one attached hydrogen (secondary N) is 2. The SMILES string of the molecule is CN=C(NCCOc1cccc(OC)c1)NC1CCN(C(=O)C(C)C)C1.I. The lowest BCUT2D eigenvalue weighted by atomic mass is 10.2. The molecule has 0 radical (unpaired) electrons. The number of likely N-dealkylation sites (tertiary alicyclic amines) is 1. The lowest BCUT2D eigenvalue weighted by molar-refractivity contribution is -0.133. The van der Waals surface area contributed by atoms with Crippen LogP contribution in [0, 0.1) is 5.92 Å². The number of carbonyl (C=O) groups excluding carboxylic acids is 1. The van der Waals surface area contributed by atoms with Crippen LogP contribution in [-0.4, -0.2) is 63.2 Å². The van der Waals surface area contributed by atoms with Crippen LogP contribution in [0.1, 0.15) is 20.3 Å². The number of amides is 1. The molecule has 1 unspecified atom stereocenters. The van der Waals surface area contributed by atoms with E-state index in [1.807, 2.05) is 43.0 Å². The van der Waals surface area contributed by atoms with Crippen LogP contribution >= 0.6 is 24.0 Å². The van der Waals surface area contributed by atoms with E-state index in [1.54, 1.807) is 14.2 Å². The number of rotatable bonds is 7. The van der Waals surface area contributed by atoms with Crippen LogP contribution in [0.3, 0.4) is 0 Å². The summed E-state index contributed by atoms with van der Waals surface area (Å²) in [5.74, 6) is 2.52. The maximum atomic E-state index is 12.1. The maximum absolute atomic E-state index is 12.1. The molecule has 152 valence electrons. The molecule has 1 aromatic carbocycles. The second-order valence-electron chi connectivity index (χ2n) is 6.60. The Morgan fingerprint density at radius 1 is 1.37 bits per heavy atom. The molecule has 0 aromatic heterocycles. The summed E-state index contributed by atoms with van der Waals surface area (Å²) in [7, 11) is 3.37. The monoisotopic (exact) mass is 490 g/mol. The molecule has 1 aliphatic heterocycles. The van der Waals surface area contributed by atoms with E-state index < -0.39 is 0 Å². The Morgan fingerprint density at radius 3 is 2.78 bits per heavy atom. The Labute approximate surface area is 178 Å². The number of carbonyl (C=O) groups is 1. The van der Waals surface area contributed by atoms with Gasteiger partial charge in [-0.3, -0.25) is 9.79 Å². The third-order valence-corrected chi connectivity index (χ3v) is 4.26. The van der Waals surface area contributed by atoms with Crippen LogP contribution in [0.15, 0.2) is 29.3 Å². The Morgan fingerprint density at radius 2 is 2.11 bits per heavy atom. The molecule has 0 spiro atoms. The van der Waals surface area contributed by atoms with Crippen molar-refractivity contribution in [2.75, 3.05) is 40.4 Å². The fraction of sp³-hybridized carbons (Fsp3) is 0.579. The standard InChI is InChI=1S/C19H30N4O3.HI/c1-14(2)18(24)23-10-8-15(13-23)22-19(20-3)21-9-11-26-17-7-5-6-16(12-17)25-4;/h5-7,12,14-15H,8-11,13H2,1-4H3,(H2,20,21,22);1H. The number of halogens is 1. The second kappa shape index (κ2) is 11.9. The summed E-state index contributed by atoms with van der Waals surface area (Å²) in [5.41, 5.74) is 0. The van der Waals surface area contributed by atoms with Crippen molar-refractivity contribution in [1.82, 2.24) is 15.5 Å². The topological polar surface area (TPSA) is 75.2 Å². The summed E-state index contributed by atoms with van der Waals surface area (Å²) in [5, 5.41) is 6.62. The van der Waals surface area contributed by atoms with Gasteiger partial charge in [-0.15, -0.1) is 24.0 Å². The first-order valence-electron chi connectivity index (χ1n) is 9.06. The molecular weight excluding hydrogens is 459 g/mol. The van der Waals surface area contributed by atoms with Gasteiger partial charge in [-0.05, 0) is 18.6 Å². The van der Waals surface area contributed by atoms with E-state index in [1.165, 1.54) is 0 Å². The van der Waals surface area contributed by atoms with Crippen molar-refractivity contribution >= 4 is 35.8 Å². The summed E-state index contributed by atoms with van der Waals surface area (Å²) >= 11 is 0. The van der Waals surface area contributed by atoms with Gasteiger partial charge in [0.15, 0.2) is 5.96 Å². The molecule has 1 heterocycles. The number of methoxy groups -OCH3 is 1. The van der Waals surface area contributed by atoms with E-state index in [0.717, 1.165) is 37.0 Å². The lowest BCUT2D eigenvalue weighted by Crippen LogP contribution is -2.46. The molecule has 2 N–H and O–H groups in total. The first-order chi connectivity index (χ1) is 12.5. The van der Waals surface area contributed by atoms with Crippen LogP contribution < -0.4 is 20.1 Å². The van der Waals surface area contributed by atoms with Crippen LogP contribution in [0.4, 0.5) is 0 Å². The van der Waals surface area contributed by atoms with Crippen molar-refractivity contribution in [1.29, 1.82) is 0 Å². The fourth-order valence-corrected chi connectivity index (χ4v) is 2.86. The molecule has 2 rings (SSSR count). The molecule has 0 saturated carbocycles. The first kappa shape index (κ1) is 23.3. The lowest BCUT2D eigenvalue weighted by Gasteiger charge is -2.20. The molecule has 27 heavy (non-hydrogen) atoms. The molecule has 8 heteroatoms. The van der Waals surface area contributed by atoms with Crippen molar-refractivity contribution in [2.24, 2.45) is 10.9 Å². The molecule has 0 aliphatic carbocycles. The van der Waals surface area contributed by atoms with Gasteiger partial charge in [0, 0.05) is 38.2 Å². The number of hydrogen-bond donors (Lipinski definition) is 2. The first-order valence-corrected chi connectivity index (χ1v) is 9.06. The van der Waals surface area contributed by atoms with E-state index in [9.17, 15) is 4.79 Å². The van der Waals surface area contributed by atoms with Crippen molar-refractivity contribution in [2.45, 2.75) is 26.3 Å². The zero-order chi connectivity index (χ0) is 18.9. The van der Waals surface area contributed by atoms with Gasteiger partial charge in [0.1, 0.15) is 18.1 Å². The summed E-state index contributed by atoms with van der Waals surface area (Å²) in [4.78, 5) is 18.2. The molecule has 1 atom stereocenters. The Bertz CT molecular complexity index is 625. The summed E-state index contributed by atoms with van der Waals surface area (Å²) < 4.78 is 10.9. The van der Waals surface area contributed by atoms with Gasteiger partial charge in [0.25, 0.3) is 0 Å². The summed E-state index contributed by atoms with van der Waals surface area (Å²) in [6, 6.07) is 7.75. The number of hydrogen-bond acceptors (Lipinski definition) is 4. The Balaban J connectivity index is 0.00000364. The highest BCUT2D eigenvalue weighted by Gasteiger charge is 2.27. The van der Waals surface area contributed by atoms with Gasteiger partial charge in [0.2, 0.25) is 5.91 Å². The largest absolute Gasteiger partial charge is 0.497 e. The second-order valence-corrected chi connectivity index (χ2v) is 6.60. The minimum atomic E-state index is 0. The average Bonchev–Trinajstić information content (AvgIpc) is 3.12. The number of guanidine groups is 1. The predicted molar refractivity (Wildman–Crippen MR) is 118 cm³/mol. The zero-order valence-corrected chi connectivity index (χ0v) is 18.9. The molecule has 1 amide bonds. The van der Waals surface area contributed by atoms with Gasteiger partial charge < -0.3 is 25.0 Å². The van der Waals surface area contributed by atoms with Crippen molar-refractivity contribution < 1.29 is 14.3 Å². The summed E-state index contributed by atoms with van der Waals surface area (Å²) in [6.07, 6.45) is 0.930. The highest BCUT2D eigenvalue weighted by atomic mass is 127. The van der Waals surface area contributed by atoms with Gasteiger partial charge in [-0.25, -0.2) is 0 Å². The van der Waals surface area contributed by atoms with E-state index in [4.69, 9.17) is 9.47 Å². The highest BCUT2D eigenvalue weighted by Crippen LogP contribution is 2.18. The van der Waals surface area contributed by atoms with Crippen molar-refractivity contribution in [3.8, 4) is 11.5 Å². The highest BCUT2D eigenvalue weighted by molar-refractivity contribution is 14.0. The average molecular weight is 490 g/mol. The minimum absolute atomic E-state index is 0. The van der Waals surface area contributed by atoms with Gasteiger partial charge in [-0.2, -0.15) is 0 Å². The quantitative estimate of drug-likeness (QED) is 0.265. The molecule has 1 fully saturated rings. The fourth-order valence-electron chi connectivity index (χ4n) is 2.86. The van der Waals surface area contributed by atoms with E-state index >= 15 is 0 Å². The van der Waals surface area contributed by atoms with Crippen LogP contribution in [0.2, 0.25) is 0 Å². The normalized spacial score (nSPS) is 16.7. The molecule has 1 aromatic rings. The molecule has 0 bridgehead atoms. The minimum Gasteiger partial charge on any atom is -0.497 e. The van der Waals surface area contributed by atoms with E-state index in [0.29, 0.717) is 13.2 Å². The van der Waals surface area contributed by atoms with E-state index in [-0.39, 0.29) is 41.8 Å². The number of aliphatic imine (C=N–C) groups is 1. The number of nitrogens with zero attached hydrogens (tertiary/aromatic N) is 2. The van der Waals surface area contributed by atoms with Crippen LogP contribution in [0.25, 0.3) is 0 Å². The molecular formula is C19H31IN4O3. The smallest absolute Gasteiger partial charge is 0.225 e. The Kier molecular flexibility index (Phi) is 10.3. The van der Waals surface area contributed by atoms with Gasteiger partial charge in [0.05, 0.1) is 13.7 Å².